The Morgan fingerprint density at radius 1 is 1.27 bits per heavy atom. The Bertz CT molecular complexity index is 199. The molecule has 0 aliphatic heterocycles. The monoisotopic (exact) mass is 221 g/mol. The Balaban J connectivity index is 4.36. The molecule has 0 saturated carbocycles. The molecule has 90 valence electrons. The lowest BCUT2D eigenvalue weighted by Crippen LogP contribution is -2.56. The van der Waals surface area contributed by atoms with Crippen LogP contribution in [0.1, 0.15) is 20.8 Å². The Labute approximate surface area is 89.2 Å². The van der Waals surface area contributed by atoms with Gasteiger partial charge in [0.25, 0.3) is 0 Å². The van der Waals surface area contributed by atoms with E-state index < -0.39 is 30.6 Å². The zero-order valence-electron chi connectivity index (χ0n) is 9.53. The van der Waals surface area contributed by atoms with E-state index in [1.807, 2.05) is 0 Å². The van der Waals surface area contributed by atoms with Gasteiger partial charge in [-0.1, -0.05) is 0 Å². The molecule has 0 aliphatic rings. The third-order valence-electron chi connectivity index (χ3n) is 1.63. The Kier molecular flexibility index (Phi) is 4.99. The molecular weight excluding hydrogens is 202 g/mol. The molecule has 0 spiro atoms. The fourth-order valence-electron chi connectivity index (χ4n) is 0.799. The molecule has 15 heavy (non-hydrogen) atoms. The van der Waals surface area contributed by atoms with Crippen molar-refractivity contribution in [2.45, 2.75) is 32.1 Å². The summed E-state index contributed by atoms with van der Waals surface area (Å²) in [7, 11) is 1.27. The van der Waals surface area contributed by atoms with Gasteiger partial charge in [-0.2, -0.15) is 0 Å². The van der Waals surface area contributed by atoms with Crippen molar-refractivity contribution in [1.29, 1.82) is 0 Å². The van der Waals surface area contributed by atoms with Crippen LogP contribution in [0.5, 0.6) is 0 Å². The lowest BCUT2D eigenvalue weighted by Gasteiger charge is -2.30. The molecule has 0 bridgehead atoms. The van der Waals surface area contributed by atoms with Crippen molar-refractivity contribution in [3.05, 3.63) is 0 Å². The maximum absolute atomic E-state index is 11.3. The van der Waals surface area contributed by atoms with Crippen LogP contribution < -0.4 is 5.32 Å². The van der Waals surface area contributed by atoms with E-state index in [2.05, 4.69) is 5.32 Å². The van der Waals surface area contributed by atoms with Crippen molar-refractivity contribution in [3.8, 4) is 0 Å². The molecule has 0 fully saturated rings. The minimum absolute atomic E-state index is 0.542. The predicted molar refractivity (Wildman–Crippen MR) is 53.3 cm³/mol. The molecule has 3 N–H and O–H groups in total. The molecule has 1 amide bonds. The van der Waals surface area contributed by atoms with E-state index in [1.54, 1.807) is 20.8 Å². The summed E-state index contributed by atoms with van der Waals surface area (Å²) in [6.07, 6.45) is -0.757. The maximum atomic E-state index is 11.3. The van der Waals surface area contributed by atoms with Crippen LogP contribution in [-0.2, 0) is 9.47 Å². The molecule has 0 aromatic rings. The van der Waals surface area contributed by atoms with E-state index in [9.17, 15) is 4.79 Å². The van der Waals surface area contributed by atoms with E-state index in [1.165, 1.54) is 7.11 Å². The second-order valence-electron chi connectivity index (χ2n) is 4.14. The van der Waals surface area contributed by atoms with Gasteiger partial charge < -0.3 is 19.7 Å². The number of hydrogen-bond acceptors (Lipinski definition) is 5. The van der Waals surface area contributed by atoms with E-state index >= 15 is 0 Å². The lowest BCUT2D eigenvalue weighted by atomic mass is 10.2. The van der Waals surface area contributed by atoms with Gasteiger partial charge in [-0.05, 0) is 20.8 Å². The first-order valence-electron chi connectivity index (χ1n) is 4.56. The van der Waals surface area contributed by atoms with Gasteiger partial charge in [-0.25, -0.2) is 4.79 Å². The van der Waals surface area contributed by atoms with Crippen LogP contribution >= 0.6 is 0 Å². The molecule has 0 heterocycles. The Morgan fingerprint density at radius 3 is 2.00 bits per heavy atom. The van der Waals surface area contributed by atoms with Crippen molar-refractivity contribution in [2.24, 2.45) is 0 Å². The molecular formula is C9H19NO5. The number of nitrogens with one attached hydrogen (secondary N) is 1. The minimum Gasteiger partial charge on any atom is -0.444 e. The van der Waals surface area contributed by atoms with Crippen LogP contribution in [0, 0.1) is 0 Å². The highest BCUT2D eigenvalue weighted by Gasteiger charge is 2.32. The van der Waals surface area contributed by atoms with E-state index in [0.717, 1.165) is 0 Å². The summed E-state index contributed by atoms with van der Waals surface area (Å²) in [6, 6.07) is 0. The number of alkyl carbamates (subject to hydrolysis) is 1. The fourth-order valence-corrected chi connectivity index (χ4v) is 0.799. The summed E-state index contributed by atoms with van der Waals surface area (Å²) >= 11 is 0. The molecule has 0 aliphatic carbocycles. The third-order valence-corrected chi connectivity index (χ3v) is 1.63. The standard InChI is InChI=1S/C9H19NO5/c1-8(2,3)15-7(13)10-9(5-11,6-12)14-4/h11-12H,5-6H2,1-4H3,(H,10,13). The van der Waals surface area contributed by atoms with Crippen LogP contribution in [0.25, 0.3) is 0 Å². The number of carbonyl (C=O) groups excluding carboxylic acids is 1. The number of aliphatic hydroxyl groups is 2. The van der Waals surface area contributed by atoms with Gasteiger partial charge in [0, 0.05) is 7.11 Å². The first kappa shape index (κ1) is 14.2. The van der Waals surface area contributed by atoms with E-state index in [-0.39, 0.29) is 0 Å². The van der Waals surface area contributed by atoms with E-state index in [0.29, 0.717) is 0 Å². The number of rotatable bonds is 4. The SMILES string of the molecule is COC(CO)(CO)NC(=O)OC(C)(C)C. The van der Waals surface area contributed by atoms with Crippen LogP contribution in [0.2, 0.25) is 0 Å². The highest BCUT2D eigenvalue weighted by atomic mass is 16.6. The number of amides is 1. The van der Waals surface area contributed by atoms with E-state index in [4.69, 9.17) is 19.7 Å². The molecule has 6 heteroatoms. The molecule has 0 saturated heterocycles. The predicted octanol–water partition coefficient (Wildman–Crippen LogP) is -0.162. The normalized spacial score (nSPS) is 12.4. The summed E-state index contributed by atoms with van der Waals surface area (Å²) in [5.74, 6) is 0. The van der Waals surface area contributed by atoms with Crippen molar-refractivity contribution >= 4 is 6.09 Å². The zero-order chi connectivity index (χ0) is 12.1. The van der Waals surface area contributed by atoms with Crippen molar-refractivity contribution in [2.75, 3.05) is 20.3 Å². The number of methoxy groups -OCH3 is 1. The highest BCUT2D eigenvalue weighted by Crippen LogP contribution is 2.09. The Morgan fingerprint density at radius 2 is 1.73 bits per heavy atom. The number of aliphatic hydroxyl groups excluding tert-OH is 2. The molecule has 0 radical (unpaired) electrons. The summed E-state index contributed by atoms with van der Waals surface area (Å²) in [6.45, 7) is 4.04. The van der Waals surface area contributed by atoms with Crippen LogP contribution in [0.3, 0.4) is 0 Å². The van der Waals surface area contributed by atoms with Gasteiger partial charge in [0.2, 0.25) is 0 Å². The third kappa shape index (κ3) is 4.96. The van der Waals surface area contributed by atoms with Crippen LogP contribution in [0.15, 0.2) is 0 Å². The van der Waals surface area contributed by atoms with Crippen LogP contribution in [0.4, 0.5) is 4.79 Å². The lowest BCUT2D eigenvalue weighted by molar-refractivity contribution is -0.107. The maximum Gasteiger partial charge on any atom is 0.410 e. The van der Waals surface area contributed by atoms with Gasteiger partial charge in [-0.15, -0.1) is 0 Å². The topological polar surface area (TPSA) is 88.0 Å². The fraction of sp³-hybridized carbons (Fsp3) is 0.889. The number of carbonyl (C=O) groups is 1. The average molecular weight is 221 g/mol. The molecule has 0 aromatic carbocycles. The summed E-state index contributed by atoms with van der Waals surface area (Å²) in [5, 5.41) is 20.2. The van der Waals surface area contributed by atoms with Gasteiger partial charge in [0.1, 0.15) is 5.60 Å². The molecule has 6 nitrogen and oxygen atoms in total. The molecule has 0 atom stereocenters. The largest absolute Gasteiger partial charge is 0.444 e. The Hall–Kier alpha value is -0.850. The quantitative estimate of drug-likeness (QED) is 0.574. The first-order chi connectivity index (χ1) is 6.78. The van der Waals surface area contributed by atoms with Gasteiger partial charge in [0.15, 0.2) is 5.72 Å². The second kappa shape index (κ2) is 5.29. The van der Waals surface area contributed by atoms with Crippen molar-refractivity contribution < 1.29 is 24.5 Å². The molecule has 0 rings (SSSR count). The van der Waals surface area contributed by atoms with Crippen molar-refractivity contribution in [3.63, 3.8) is 0 Å². The summed E-state index contributed by atoms with van der Waals surface area (Å²) in [4.78, 5) is 11.3. The van der Waals surface area contributed by atoms with Crippen molar-refractivity contribution in [1.82, 2.24) is 5.32 Å². The summed E-state index contributed by atoms with van der Waals surface area (Å²) < 4.78 is 9.76. The molecule has 0 aromatic heterocycles. The second-order valence-corrected chi connectivity index (χ2v) is 4.14. The number of hydrogen-bond donors (Lipinski definition) is 3. The van der Waals surface area contributed by atoms with Gasteiger partial charge in [-0.3, -0.25) is 5.32 Å². The minimum atomic E-state index is -1.50. The zero-order valence-corrected chi connectivity index (χ0v) is 9.53. The van der Waals surface area contributed by atoms with Gasteiger partial charge >= 0.3 is 6.09 Å². The van der Waals surface area contributed by atoms with Crippen LogP contribution in [-0.4, -0.2) is 48.0 Å². The average Bonchev–Trinajstić information content (AvgIpc) is 2.11. The summed E-state index contributed by atoms with van der Waals surface area (Å²) in [5.41, 5.74) is -2.14. The number of ether oxygens (including phenoxy) is 2. The van der Waals surface area contributed by atoms with Gasteiger partial charge in [0.05, 0.1) is 13.2 Å². The smallest absolute Gasteiger partial charge is 0.410 e. The highest BCUT2D eigenvalue weighted by molar-refractivity contribution is 5.68. The first-order valence-corrected chi connectivity index (χ1v) is 4.56. The molecule has 0 unspecified atom stereocenters.